The number of aromatic nitrogens is 3. The van der Waals surface area contributed by atoms with Crippen LogP contribution in [0, 0.1) is 6.92 Å². The average molecular weight is 198 g/mol. The fraction of sp³-hybridized carbons (Fsp3) is 0.625. The number of methoxy groups -OCH3 is 1. The van der Waals surface area contributed by atoms with Gasteiger partial charge < -0.3 is 10.1 Å². The number of nitrogens with zero attached hydrogens (tertiary/aromatic N) is 3. The van der Waals surface area contributed by atoms with Crippen LogP contribution >= 0.6 is 0 Å². The first-order chi connectivity index (χ1) is 6.74. The van der Waals surface area contributed by atoms with Gasteiger partial charge in [0.1, 0.15) is 6.54 Å². The summed E-state index contributed by atoms with van der Waals surface area (Å²) in [5, 5.41) is 10.1. The van der Waals surface area contributed by atoms with Crippen molar-refractivity contribution in [3.05, 3.63) is 11.9 Å². The minimum absolute atomic E-state index is 0.0874. The SMILES string of the molecule is COCCNC(=O)Cn1nncc1C. The quantitative estimate of drug-likeness (QED) is 0.638. The molecular formula is C8H14N4O2. The Morgan fingerprint density at radius 2 is 2.50 bits per heavy atom. The lowest BCUT2D eigenvalue weighted by Crippen LogP contribution is -2.30. The zero-order chi connectivity index (χ0) is 10.4. The van der Waals surface area contributed by atoms with Gasteiger partial charge in [-0.05, 0) is 6.92 Å². The van der Waals surface area contributed by atoms with Gasteiger partial charge in [0.15, 0.2) is 0 Å². The van der Waals surface area contributed by atoms with E-state index in [9.17, 15) is 4.79 Å². The van der Waals surface area contributed by atoms with Crippen molar-refractivity contribution >= 4 is 5.91 Å². The fourth-order valence-corrected chi connectivity index (χ4v) is 0.950. The Hall–Kier alpha value is -1.43. The molecule has 1 aromatic heterocycles. The highest BCUT2D eigenvalue weighted by molar-refractivity contribution is 5.75. The molecular weight excluding hydrogens is 184 g/mol. The first-order valence-electron chi connectivity index (χ1n) is 4.34. The molecule has 0 aliphatic rings. The molecule has 0 aromatic carbocycles. The number of carbonyl (C=O) groups is 1. The van der Waals surface area contributed by atoms with Gasteiger partial charge in [-0.2, -0.15) is 0 Å². The van der Waals surface area contributed by atoms with Crippen LogP contribution in [0.5, 0.6) is 0 Å². The summed E-state index contributed by atoms with van der Waals surface area (Å²) in [6.07, 6.45) is 1.61. The van der Waals surface area contributed by atoms with E-state index in [-0.39, 0.29) is 12.5 Å². The normalized spacial score (nSPS) is 10.1. The molecule has 1 amide bonds. The Kier molecular flexibility index (Phi) is 4.06. The second-order valence-corrected chi connectivity index (χ2v) is 2.88. The number of carbonyl (C=O) groups excluding carboxylic acids is 1. The zero-order valence-electron chi connectivity index (χ0n) is 8.36. The maximum Gasteiger partial charge on any atom is 0.241 e. The lowest BCUT2D eigenvalue weighted by Gasteiger charge is -2.04. The number of amides is 1. The third-order valence-corrected chi connectivity index (χ3v) is 1.73. The van der Waals surface area contributed by atoms with Crippen molar-refractivity contribution in [2.75, 3.05) is 20.3 Å². The van der Waals surface area contributed by atoms with E-state index in [1.54, 1.807) is 18.0 Å². The third-order valence-electron chi connectivity index (χ3n) is 1.73. The van der Waals surface area contributed by atoms with E-state index in [1.165, 1.54) is 0 Å². The Morgan fingerprint density at radius 3 is 3.07 bits per heavy atom. The van der Waals surface area contributed by atoms with Crippen molar-refractivity contribution in [1.29, 1.82) is 0 Å². The molecule has 78 valence electrons. The summed E-state index contributed by atoms with van der Waals surface area (Å²) >= 11 is 0. The number of hydrogen-bond donors (Lipinski definition) is 1. The molecule has 1 heterocycles. The minimum atomic E-state index is -0.0874. The molecule has 1 N–H and O–H groups in total. The lowest BCUT2D eigenvalue weighted by atomic mass is 10.5. The van der Waals surface area contributed by atoms with Crippen molar-refractivity contribution in [3.63, 3.8) is 0 Å². The van der Waals surface area contributed by atoms with Crippen LogP contribution in [0.25, 0.3) is 0 Å². The molecule has 6 heteroatoms. The maximum absolute atomic E-state index is 11.3. The van der Waals surface area contributed by atoms with Gasteiger partial charge in [-0.15, -0.1) is 5.10 Å². The highest BCUT2D eigenvalue weighted by atomic mass is 16.5. The molecule has 14 heavy (non-hydrogen) atoms. The number of rotatable bonds is 5. The summed E-state index contributed by atoms with van der Waals surface area (Å²) in [7, 11) is 1.59. The topological polar surface area (TPSA) is 69.0 Å². The van der Waals surface area contributed by atoms with E-state index in [1.807, 2.05) is 6.92 Å². The average Bonchev–Trinajstić information content (AvgIpc) is 2.52. The van der Waals surface area contributed by atoms with Gasteiger partial charge in [-0.1, -0.05) is 5.21 Å². The number of ether oxygens (including phenoxy) is 1. The molecule has 1 aromatic rings. The zero-order valence-corrected chi connectivity index (χ0v) is 8.36. The lowest BCUT2D eigenvalue weighted by molar-refractivity contribution is -0.122. The van der Waals surface area contributed by atoms with E-state index >= 15 is 0 Å². The number of hydrogen-bond acceptors (Lipinski definition) is 4. The molecule has 0 saturated heterocycles. The summed E-state index contributed by atoms with van der Waals surface area (Å²) in [6, 6.07) is 0. The first-order valence-corrected chi connectivity index (χ1v) is 4.34. The molecule has 0 bridgehead atoms. The highest BCUT2D eigenvalue weighted by Gasteiger charge is 2.04. The Morgan fingerprint density at radius 1 is 1.71 bits per heavy atom. The van der Waals surface area contributed by atoms with Crippen LogP contribution in [0.3, 0.4) is 0 Å². The Bertz CT molecular complexity index is 297. The van der Waals surface area contributed by atoms with Gasteiger partial charge in [0.25, 0.3) is 0 Å². The van der Waals surface area contributed by atoms with Crippen molar-refractivity contribution in [2.45, 2.75) is 13.5 Å². The standard InChI is InChI=1S/C8H14N4O2/c1-7-5-10-11-12(7)6-8(13)9-3-4-14-2/h5H,3-4,6H2,1-2H3,(H,9,13). The van der Waals surface area contributed by atoms with Crippen molar-refractivity contribution in [3.8, 4) is 0 Å². The number of nitrogens with one attached hydrogen (secondary N) is 1. The molecule has 0 fully saturated rings. The molecule has 0 radical (unpaired) electrons. The molecule has 0 aliphatic carbocycles. The van der Waals surface area contributed by atoms with Crippen LogP contribution < -0.4 is 5.32 Å². The van der Waals surface area contributed by atoms with Gasteiger partial charge in [0.2, 0.25) is 5.91 Å². The van der Waals surface area contributed by atoms with Crippen LogP contribution in [0.2, 0.25) is 0 Å². The maximum atomic E-state index is 11.3. The highest BCUT2D eigenvalue weighted by Crippen LogP contribution is 1.91. The van der Waals surface area contributed by atoms with Gasteiger partial charge in [0.05, 0.1) is 18.5 Å². The van der Waals surface area contributed by atoms with E-state index in [2.05, 4.69) is 15.6 Å². The summed E-state index contributed by atoms with van der Waals surface area (Å²) in [6.45, 7) is 3.09. The smallest absolute Gasteiger partial charge is 0.241 e. The van der Waals surface area contributed by atoms with Crippen LogP contribution in [-0.4, -0.2) is 41.2 Å². The van der Waals surface area contributed by atoms with E-state index in [4.69, 9.17) is 4.74 Å². The van der Waals surface area contributed by atoms with Gasteiger partial charge in [-0.25, -0.2) is 4.68 Å². The van der Waals surface area contributed by atoms with Crippen molar-refractivity contribution < 1.29 is 9.53 Å². The molecule has 0 atom stereocenters. The van der Waals surface area contributed by atoms with Crippen molar-refractivity contribution in [2.24, 2.45) is 0 Å². The fourth-order valence-electron chi connectivity index (χ4n) is 0.950. The molecule has 0 spiro atoms. The molecule has 0 aliphatic heterocycles. The van der Waals surface area contributed by atoms with Gasteiger partial charge in [0, 0.05) is 13.7 Å². The Balaban J connectivity index is 2.31. The summed E-state index contributed by atoms with van der Waals surface area (Å²) in [5.41, 5.74) is 0.867. The van der Waals surface area contributed by atoms with Crippen LogP contribution in [0.15, 0.2) is 6.20 Å². The predicted octanol–water partition coefficient (Wildman–Crippen LogP) is -0.651. The van der Waals surface area contributed by atoms with E-state index < -0.39 is 0 Å². The molecule has 0 saturated carbocycles. The van der Waals surface area contributed by atoms with Crippen LogP contribution in [0.1, 0.15) is 5.69 Å². The summed E-state index contributed by atoms with van der Waals surface area (Å²) in [5.74, 6) is -0.0874. The molecule has 1 rings (SSSR count). The van der Waals surface area contributed by atoms with E-state index in [0.29, 0.717) is 13.2 Å². The molecule has 0 unspecified atom stereocenters. The van der Waals surface area contributed by atoms with Gasteiger partial charge >= 0.3 is 0 Å². The number of aryl methyl sites for hydroxylation is 1. The largest absolute Gasteiger partial charge is 0.383 e. The van der Waals surface area contributed by atoms with Crippen molar-refractivity contribution in [1.82, 2.24) is 20.3 Å². The van der Waals surface area contributed by atoms with Gasteiger partial charge in [-0.3, -0.25) is 4.79 Å². The van der Waals surface area contributed by atoms with Crippen LogP contribution in [0.4, 0.5) is 0 Å². The molecule has 6 nitrogen and oxygen atoms in total. The summed E-state index contributed by atoms with van der Waals surface area (Å²) < 4.78 is 6.35. The predicted molar refractivity (Wildman–Crippen MR) is 49.6 cm³/mol. The monoisotopic (exact) mass is 198 g/mol. The Labute approximate surface area is 82.2 Å². The van der Waals surface area contributed by atoms with E-state index in [0.717, 1.165) is 5.69 Å². The van der Waals surface area contributed by atoms with Crippen LogP contribution in [-0.2, 0) is 16.1 Å². The second kappa shape index (κ2) is 5.33. The minimum Gasteiger partial charge on any atom is -0.383 e. The second-order valence-electron chi connectivity index (χ2n) is 2.88. The summed E-state index contributed by atoms with van der Waals surface area (Å²) in [4.78, 5) is 11.3. The first kappa shape index (κ1) is 10.6. The third kappa shape index (κ3) is 3.14.